The van der Waals surface area contributed by atoms with Gasteiger partial charge >= 0.3 is 0 Å². The van der Waals surface area contributed by atoms with Gasteiger partial charge in [0.15, 0.2) is 0 Å². The van der Waals surface area contributed by atoms with E-state index in [-0.39, 0.29) is 12.3 Å². The second kappa shape index (κ2) is 5.93. The average molecular weight is 301 g/mol. The zero-order chi connectivity index (χ0) is 14.7. The molecule has 0 unspecified atom stereocenters. The van der Waals surface area contributed by atoms with E-state index in [0.717, 1.165) is 11.2 Å². The van der Waals surface area contributed by atoms with Gasteiger partial charge < -0.3 is 9.72 Å². The van der Waals surface area contributed by atoms with Gasteiger partial charge in [-0.25, -0.2) is 4.98 Å². The summed E-state index contributed by atoms with van der Waals surface area (Å²) in [4.78, 5) is 20.3. The molecule has 0 fully saturated rings. The molecule has 3 aromatic heterocycles. The predicted octanol–water partition coefficient (Wildman–Crippen LogP) is 2.24. The highest BCUT2D eigenvalue weighted by atomic mass is 35.5. The third kappa shape index (κ3) is 3.38. The summed E-state index contributed by atoms with van der Waals surface area (Å²) in [6.45, 7) is 0.464. The van der Waals surface area contributed by atoms with E-state index in [4.69, 9.17) is 11.6 Å². The SMILES string of the molecule is O=C(Cc1cn2cc(Cl)ccc2n1)NCc1cccnc1. The first-order valence-corrected chi connectivity index (χ1v) is 6.87. The van der Waals surface area contributed by atoms with Gasteiger partial charge in [-0.05, 0) is 23.8 Å². The van der Waals surface area contributed by atoms with E-state index in [1.165, 1.54) is 0 Å². The van der Waals surface area contributed by atoms with Crippen molar-refractivity contribution < 1.29 is 4.79 Å². The van der Waals surface area contributed by atoms with Crippen molar-refractivity contribution in [3.05, 3.63) is 65.3 Å². The van der Waals surface area contributed by atoms with E-state index in [0.29, 0.717) is 17.3 Å². The first-order chi connectivity index (χ1) is 10.2. The lowest BCUT2D eigenvalue weighted by Crippen LogP contribution is -2.24. The van der Waals surface area contributed by atoms with Crippen LogP contribution in [0, 0.1) is 0 Å². The molecule has 0 radical (unpaired) electrons. The standard InChI is InChI=1S/C15H13ClN4O/c16-12-3-4-14-19-13(10-20(14)9-12)6-15(21)18-8-11-2-1-5-17-7-11/h1-5,7,9-10H,6,8H2,(H,18,21). The van der Waals surface area contributed by atoms with Gasteiger partial charge in [0.05, 0.1) is 17.1 Å². The minimum atomic E-state index is -0.0756. The summed E-state index contributed by atoms with van der Waals surface area (Å²) in [6, 6.07) is 7.35. The summed E-state index contributed by atoms with van der Waals surface area (Å²) >= 11 is 5.92. The van der Waals surface area contributed by atoms with Gasteiger partial charge in [0.2, 0.25) is 5.91 Å². The third-order valence-electron chi connectivity index (χ3n) is 3.02. The minimum absolute atomic E-state index is 0.0756. The number of fused-ring (bicyclic) bond motifs is 1. The molecular weight excluding hydrogens is 288 g/mol. The van der Waals surface area contributed by atoms with Gasteiger partial charge in [0.25, 0.3) is 0 Å². The summed E-state index contributed by atoms with van der Waals surface area (Å²) in [5, 5.41) is 3.48. The van der Waals surface area contributed by atoms with Crippen LogP contribution in [0.5, 0.6) is 0 Å². The Morgan fingerprint density at radius 2 is 2.19 bits per heavy atom. The van der Waals surface area contributed by atoms with E-state index in [1.54, 1.807) is 24.7 Å². The van der Waals surface area contributed by atoms with Gasteiger partial charge in [-0.3, -0.25) is 9.78 Å². The molecule has 21 heavy (non-hydrogen) atoms. The van der Waals surface area contributed by atoms with Crippen molar-refractivity contribution in [2.45, 2.75) is 13.0 Å². The van der Waals surface area contributed by atoms with Crippen molar-refractivity contribution in [2.75, 3.05) is 0 Å². The number of nitrogens with zero attached hydrogens (tertiary/aromatic N) is 3. The minimum Gasteiger partial charge on any atom is -0.352 e. The second-order valence-electron chi connectivity index (χ2n) is 4.66. The molecule has 3 heterocycles. The first kappa shape index (κ1) is 13.6. The summed E-state index contributed by atoms with van der Waals surface area (Å²) in [5.41, 5.74) is 2.45. The lowest BCUT2D eigenvalue weighted by Gasteiger charge is -2.03. The molecular formula is C15H13ClN4O. The fraction of sp³-hybridized carbons (Fsp3) is 0.133. The Hall–Kier alpha value is -2.40. The molecule has 0 saturated heterocycles. The van der Waals surface area contributed by atoms with Crippen molar-refractivity contribution in [1.82, 2.24) is 19.7 Å². The number of pyridine rings is 2. The van der Waals surface area contributed by atoms with E-state index in [9.17, 15) is 4.79 Å². The second-order valence-corrected chi connectivity index (χ2v) is 5.10. The van der Waals surface area contributed by atoms with E-state index in [2.05, 4.69) is 15.3 Å². The molecule has 106 valence electrons. The highest BCUT2D eigenvalue weighted by Crippen LogP contribution is 2.12. The van der Waals surface area contributed by atoms with Crippen LogP contribution in [-0.2, 0) is 17.8 Å². The Labute approximate surface area is 126 Å². The average Bonchev–Trinajstić information content (AvgIpc) is 2.87. The van der Waals surface area contributed by atoms with Crippen LogP contribution in [0.4, 0.5) is 0 Å². The molecule has 0 aliphatic heterocycles. The molecule has 0 spiro atoms. The van der Waals surface area contributed by atoms with Crippen molar-refractivity contribution in [1.29, 1.82) is 0 Å². The first-order valence-electron chi connectivity index (χ1n) is 6.49. The monoisotopic (exact) mass is 300 g/mol. The lowest BCUT2D eigenvalue weighted by molar-refractivity contribution is -0.120. The van der Waals surface area contributed by atoms with Crippen LogP contribution in [0.1, 0.15) is 11.3 Å². The normalized spacial score (nSPS) is 10.7. The summed E-state index contributed by atoms with van der Waals surface area (Å²) in [5.74, 6) is -0.0756. The number of halogens is 1. The smallest absolute Gasteiger partial charge is 0.226 e. The van der Waals surface area contributed by atoms with Gasteiger partial charge in [0, 0.05) is 31.3 Å². The van der Waals surface area contributed by atoms with Gasteiger partial charge in [-0.2, -0.15) is 0 Å². The van der Waals surface area contributed by atoms with Crippen LogP contribution in [-0.4, -0.2) is 20.3 Å². The van der Waals surface area contributed by atoms with E-state index in [1.807, 2.05) is 28.8 Å². The Morgan fingerprint density at radius 1 is 1.29 bits per heavy atom. The number of imidazole rings is 1. The van der Waals surface area contributed by atoms with Crippen molar-refractivity contribution in [3.63, 3.8) is 0 Å². The van der Waals surface area contributed by atoms with Crippen LogP contribution < -0.4 is 5.32 Å². The van der Waals surface area contributed by atoms with E-state index >= 15 is 0 Å². The van der Waals surface area contributed by atoms with Crippen LogP contribution in [0.25, 0.3) is 5.65 Å². The number of rotatable bonds is 4. The summed E-state index contributed by atoms with van der Waals surface area (Å²) in [7, 11) is 0. The van der Waals surface area contributed by atoms with Gasteiger partial charge in [-0.15, -0.1) is 0 Å². The lowest BCUT2D eigenvalue weighted by atomic mass is 10.2. The number of hydrogen-bond donors (Lipinski definition) is 1. The van der Waals surface area contributed by atoms with Crippen molar-refractivity contribution in [3.8, 4) is 0 Å². The Morgan fingerprint density at radius 3 is 3.00 bits per heavy atom. The molecule has 1 N–H and O–H groups in total. The van der Waals surface area contributed by atoms with E-state index < -0.39 is 0 Å². The van der Waals surface area contributed by atoms with Gasteiger partial charge in [0.1, 0.15) is 5.65 Å². The highest BCUT2D eigenvalue weighted by molar-refractivity contribution is 6.30. The highest BCUT2D eigenvalue weighted by Gasteiger charge is 2.07. The number of nitrogens with one attached hydrogen (secondary N) is 1. The molecule has 0 atom stereocenters. The maximum Gasteiger partial charge on any atom is 0.226 e. The van der Waals surface area contributed by atoms with Crippen molar-refractivity contribution >= 4 is 23.2 Å². The third-order valence-corrected chi connectivity index (χ3v) is 3.24. The molecule has 6 heteroatoms. The fourth-order valence-corrected chi connectivity index (χ4v) is 2.20. The van der Waals surface area contributed by atoms with Crippen LogP contribution in [0.3, 0.4) is 0 Å². The molecule has 0 bridgehead atoms. The number of hydrogen-bond acceptors (Lipinski definition) is 3. The molecule has 0 aromatic carbocycles. The molecule has 5 nitrogen and oxygen atoms in total. The van der Waals surface area contributed by atoms with Crippen molar-refractivity contribution in [2.24, 2.45) is 0 Å². The summed E-state index contributed by atoms with van der Waals surface area (Å²) < 4.78 is 1.81. The summed E-state index contributed by atoms with van der Waals surface area (Å²) in [6.07, 6.45) is 7.24. The fourth-order valence-electron chi connectivity index (χ4n) is 2.03. The molecule has 3 aromatic rings. The zero-order valence-corrected chi connectivity index (χ0v) is 11.9. The Balaban J connectivity index is 1.63. The number of amides is 1. The van der Waals surface area contributed by atoms with Crippen LogP contribution in [0.15, 0.2) is 49.1 Å². The molecule has 0 aliphatic rings. The quantitative estimate of drug-likeness (QED) is 0.804. The van der Waals surface area contributed by atoms with Crippen LogP contribution >= 0.6 is 11.6 Å². The number of carbonyl (C=O) groups excluding carboxylic acids is 1. The number of carbonyl (C=O) groups is 1. The van der Waals surface area contributed by atoms with Gasteiger partial charge in [-0.1, -0.05) is 17.7 Å². The molecule has 3 rings (SSSR count). The zero-order valence-electron chi connectivity index (χ0n) is 11.2. The maximum absolute atomic E-state index is 11.9. The maximum atomic E-state index is 11.9. The molecule has 1 amide bonds. The Bertz CT molecular complexity index is 770. The molecule has 0 aliphatic carbocycles. The predicted molar refractivity (Wildman–Crippen MR) is 80.0 cm³/mol. The number of aromatic nitrogens is 3. The molecule has 0 saturated carbocycles. The largest absolute Gasteiger partial charge is 0.352 e. The van der Waals surface area contributed by atoms with Crippen LogP contribution in [0.2, 0.25) is 5.02 Å². The topological polar surface area (TPSA) is 59.3 Å². The Kier molecular flexibility index (Phi) is 3.83.